The summed E-state index contributed by atoms with van der Waals surface area (Å²) in [5.74, 6) is 0.724. The first-order valence-corrected chi connectivity index (χ1v) is 6.26. The molecule has 0 aliphatic rings. The van der Waals surface area contributed by atoms with Crippen LogP contribution in [0.4, 0.5) is 0 Å². The molecule has 0 radical (unpaired) electrons. The number of ether oxygens (including phenoxy) is 1. The van der Waals surface area contributed by atoms with Gasteiger partial charge < -0.3 is 10.1 Å². The molecule has 15 heavy (non-hydrogen) atoms. The average Bonchev–Trinajstić information content (AvgIpc) is 2.11. The fourth-order valence-electron chi connectivity index (χ4n) is 1.35. The number of hydrogen-bond donors (Lipinski definition) is 1. The summed E-state index contributed by atoms with van der Waals surface area (Å²) in [4.78, 5) is 0. The highest BCUT2D eigenvalue weighted by Gasteiger charge is 2.17. The first kappa shape index (κ1) is 14.9. The second-order valence-electron chi connectivity index (χ2n) is 5.60. The van der Waals surface area contributed by atoms with Crippen molar-refractivity contribution in [2.24, 2.45) is 11.3 Å². The Morgan fingerprint density at radius 2 is 1.93 bits per heavy atom. The van der Waals surface area contributed by atoms with Crippen molar-refractivity contribution in [3.05, 3.63) is 0 Å². The van der Waals surface area contributed by atoms with E-state index in [2.05, 4.69) is 39.9 Å². The van der Waals surface area contributed by atoms with Gasteiger partial charge in [0.15, 0.2) is 0 Å². The Kier molecular flexibility index (Phi) is 8.07. The SMILES string of the molecule is CCCCOCC(C)(C)CNCC(C)C. The van der Waals surface area contributed by atoms with Gasteiger partial charge in [-0.3, -0.25) is 0 Å². The Morgan fingerprint density at radius 3 is 2.47 bits per heavy atom. The molecule has 1 N–H and O–H groups in total. The van der Waals surface area contributed by atoms with Gasteiger partial charge in [0, 0.05) is 18.6 Å². The molecule has 0 saturated carbocycles. The lowest BCUT2D eigenvalue weighted by Crippen LogP contribution is -2.35. The number of rotatable bonds is 9. The minimum atomic E-state index is 0.253. The average molecular weight is 215 g/mol. The highest BCUT2D eigenvalue weighted by molar-refractivity contribution is 4.71. The van der Waals surface area contributed by atoms with Crippen LogP contribution in [-0.4, -0.2) is 26.3 Å². The van der Waals surface area contributed by atoms with E-state index in [0.29, 0.717) is 0 Å². The summed E-state index contributed by atoms with van der Waals surface area (Å²) in [6.07, 6.45) is 2.39. The largest absolute Gasteiger partial charge is 0.381 e. The molecule has 0 aromatic carbocycles. The van der Waals surface area contributed by atoms with Crippen molar-refractivity contribution in [2.75, 3.05) is 26.3 Å². The zero-order valence-electron chi connectivity index (χ0n) is 11.2. The van der Waals surface area contributed by atoms with Gasteiger partial charge >= 0.3 is 0 Å². The van der Waals surface area contributed by atoms with E-state index in [4.69, 9.17) is 4.74 Å². The Balaban J connectivity index is 3.48. The van der Waals surface area contributed by atoms with Gasteiger partial charge in [0.1, 0.15) is 0 Å². The fourth-order valence-corrected chi connectivity index (χ4v) is 1.35. The Bertz CT molecular complexity index is 143. The van der Waals surface area contributed by atoms with E-state index in [-0.39, 0.29) is 5.41 Å². The molecule has 0 atom stereocenters. The Hall–Kier alpha value is -0.0800. The van der Waals surface area contributed by atoms with Crippen LogP contribution in [0.2, 0.25) is 0 Å². The van der Waals surface area contributed by atoms with E-state index in [1.54, 1.807) is 0 Å². The fraction of sp³-hybridized carbons (Fsp3) is 1.00. The molecular weight excluding hydrogens is 186 g/mol. The standard InChI is InChI=1S/C13H29NO/c1-6-7-8-15-11-13(4,5)10-14-9-12(2)3/h12,14H,6-11H2,1-5H3. The molecule has 0 aliphatic carbocycles. The molecule has 92 valence electrons. The smallest absolute Gasteiger partial charge is 0.0529 e. The van der Waals surface area contributed by atoms with Crippen LogP contribution in [0, 0.1) is 11.3 Å². The summed E-state index contributed by atoms with van der Waals surface area (Å²) >= 11 is 0. The minimum absolute atomic E-state index is 0.253. The topological polar surface area (TPSA) is 21.3 Å². The highest BCUT2D eigenvalue weighted by atomic mass is 16.5. The molecule has 0 rings (SSSR count). The van der Waals surface area contributed by atoms with E-state index in [1.165, 1.54) is 12.8 Å². The summed E-state index contributed by atoms with van der Waals surface area (Å²) < 4.78 is 5.66. The minimum Gasteiger partial charge on any atom is -0.381 e. The lowest BCUT2D eigenvalue weighted by Gasteiger charge is -2.25. The maximum absolute atomic E-state index is 5.66. The summed E-state index contributed by atoms with van der Waals surface area (Å²) in [6.45, 7) is 15.1. The third-order valence-electron chi connectivity index (χ3n) is 2.29. The van der Waals surface area contributed by atoms with Gasteiger partial charge in [-0.2, -0.15) is 0 Å². The molecule has 0 bridgehead atoms. The quantitative estimate of drug-likeness (QED) is 0.597. The van der Waals surface area contributed by atoms with Gasteiger partial charge in [0.05, 0.1) is 6.61 Å². The lowest BCUT2D eigenvalue weighted by molar-refractivity contribution is 0.0601. The molecule has 0 fully saturated rings. The third kappa shape index (κ3) is 10.2. The van der Waals surface area contributed by atoms with Crippen molar-refractivity contribution >= 4 is 0 Å². The highest BCUT2D eigenvalue weighted by Crippen LogP contribution is 2.14. The lowest BCUT2D eigenvalue weighted by atomic mass is 9.94. The van der Waals surface area contributed by atoms with Crippen LogP contribution in [0.25, 0.3) is 0 Å². The normalized spacial score (nSPS) is 12.4. The van der Waals surface area contributed by atoms with Gasteiger partial charge in [-0.05, 0) is 18.9 Å². The van der Waals surface area contributed by atoms with Crippen LogP contribution in [0.1, 0.15) is 47.5 Å². The Morgan fingerprint density at radius 1 is 1.27 bits per heavy atom. The monoisotopic (exact) mass is 215 g/mol. The van der Waals surface area contributed by atoms with E-state index in [1.807, 2.05) is 0 Å². The molecule has 0 saturated heterocycles. The zero-order valence-corrected chi connectivity index (χ0v) is 11.2. The van der Waals surface area contributed by atoms with Crippen LogP contribution < -0.4 is 5.32 Å². The van der Waals surface area contributed by atoms with Crippen LogP contribution >= 0.6 is 0 Å². The molecular formula is C13H29NO. The summed E-state index contributed by atoms with van der Waals surface area (Å²) in [5, 5.41) is 3.49. The van der Waals surface area contributed by atoms with Gasteiger partial charge in [0.25, 0.3) is 0 Å². The molecule has 0 unspecified atom stereocenters. The molecule has 0 aliphatic heterocycles. The summed E-state index contributed by atoms with van der Waals surface area (Å²) in [5.41, 5.74) is 0.253. The molecule has 0 aromatic rings. The molecule has 0 amide bonds. The molecule has 2 nitrogen and oxygen atoms in total. The summed E-state index contributed by atoms with van der Waals surface area (Å²) in [7, 11) is 0. The maximum Gasteiger partial charge on any atom is 0.0529 e. The predicted molar refractivity (Wildman–Crippen MR) is 67.2 cm³/mol. The number of unbranched alkanes of at least 4 members (excludes halogenated alkanes) is 1. The summed E-state index contributed by atoms with van der Waals surface area (Å²) in [6, 6.07) is 0. The molecule has 0 spiro atoms. The first-order valence-electron chi connectivity index (χ1n) is 6.26. The van der Waals surface area contributed by atoms with Crippen molar-refractivity contribution in [1.82, 2.24) is 5.32 Å². The van der Waals surface area contributed by atoms with Crippen LogP contribution in [0.3, 0.4) is 0 Å². The van der Waals surface area contributed by atoms with E-state index >= 15 is 0 Å². The van der Waals surface area contributed by atoms with E-state index in [9.17, 15) is 0 Å². The van der Waals surface area contributed by atoms with Gasteiger partial charge in [-0.1, -0.05) is 41.0 Å². The van der Waals surface area contributed by atoms with Gasteiger partial charge in [-0.15, -0.1) is 0 Å². The number of hydrogen-bond acceptors (Lipinski definition) is 2. The van der Waals surface area contributed by atoms with Crippen molar-refractivity contribution in [1.29, 1.82) is 0 Å². The van der Waals surface area contributed by atoms with Crippen molar-refractivity contribution < 1.29 is 4.74 Å². The van der Waals surface area contributed by atoms with Crippen LogP contribution in [0.15, 0.2) is 0 Å². The van der Waals surface area contributed by atoms with Crippen molar-refractivity contribution in [3.63, 3.8) is 0 Å². The number of nitrogens with one attached hydrogen (secondary N) is 1. The molecule has 0 aromatic heterocycles. The van der Waals surface area contributed by atoms with Crippen LogP contribution in [-0.2, 0) is 4.74 Å². The first-order chi connectivity index (χ1) is 6.98. The van der Waals surface area contributed by atoms with Crippen molar-refractivity contribution in [2.45, 2.75) is 47.5 Å². The van der Waals surface area contributed by atoms with Crippen molar-refractivity contribution in [3.8, 4) is 0 Å². The maximum atomic E-state index is 5.66. The predicted octanol–water partition coefficient (Wildman–Crippen LogP) is 3.07. The zero-order chi connectivity index (χ0) is 11.7. The van der Waals surface area contributed by atoms with Gasteiger partial charge in [0.2, 0.25) is 0 Å². The Labute approximate surface area is 95.8 Å². The van der Waals surface area contributed by atoms with E-state index in [0.717, 1.165) is 32.2 Å². The third-order valence-corrected chi connectivity index (χ3v) is 2.29. The molecule has 2 heteroatoms. The second-order valence-corrected chi connectivity index (χ2v) is 5.60. The van der Waals surface area contributed by atoms with Gasteiger partial charge in [-0.25, -0.2) is 0 Å². The molecule has 0 heterocycles. The van der Waals surface area contributed by atoms with Crippen LogP contribution in [0.5, 0.6) is 0 Å². The second kappa shape index (κ2) is 8.12. The van der Waals surface area contributed by atoms with E-state index < -0.39 is 0 Å².